The molecule has 0 amide bonds. The molecule has 0 aliphatic heterocycles. The highest BCUT2D eigenvalue weighted by molar-refractivity contribution is 5.93. The molecule has 0 spiro atoms. The molecule has 3 nitrogen and oxygen atoms in total. The van der Waals surface area contributed by atoms with Crippen LogP contribution in [0.4, 0.5) is 39.5 Å². The summed E-state index contributed by atoms with van der Waals surface area (Å²) in [6, 6.07) is -1.15. The van der Waals surface area contributed by atoms with Crippen molar-refractivity contribution < 1.29 is 53.8 Å². The molecule has 0 aromatic heterocycles. The van der Waals surface area contributed by atoms with Crippen LogP contribution in [0.3, 0.4) is 0 Å². The van der Waals surface area contributed by atoms with Gasteiger partial charge in [-0.2, -0.15) is 39.5 Å². The highest BCUT2D eigenvalue weighted by Crippen LogP contribution is 2.43. The number of carbonyl (C=O) groups excluding carboxylic acids is 1. The first-order chi connectivity index (χ1) is 11.7. The second-order valence-electron chi connectivity index (χ2n) is 4.61. The van der Waals surface area contributed by atoms with Crippen LogP contribution < -0.4 is 0 Å². The molecular weight excluding hydrogens is 387 g/mol. The summed E-state index contributed by atoms with van der Waals surface area (Å²) in [5.74, 6) is -2.09. The van der Waals surface area contributed by atoms with Crippen molar-refractivity contribution in [2.45, 2.75) is 18.5 Å². The van der Waals surface area contributed by atoms with E-state index in [1.54, 1.807) is 0 Å². The molecule has 146 valence electrons. The predicted octanol–water partition coefficient (Wildman–Crippen LogP) is 5.06. The topological polar surface area (TPSA) is 35.5 Å². The third-order valence-electron chi connectivity index (χ3n) is 2.83. The number of carbonyl (C=O) groups is 1. The zero-order valence-electron chi connectivity index (χ0n) is 12.5. The first-order valence-electron chi connectivity index (χ1n) is 6.49. The van der Waals surface area contributed by atoms with Gasteiger partial charge in [-0.15, -0.1) is 0 Å². The summed E-state index contributed by atoms with van der Waals surface area (Å²) in [5, 5.41) is 0. The van der Waals surface area contributed by atoms with Crippen molar-refractivity contribution in [1.82, 2.24) is 0 Å². The Balaban J connectivity index is 3.58. The Morgan fingerprint density at radius 2 is 1.35 bits per heavy atom. The van der Waals surface area contributed by atoms with Gasteiger partial charge in [0, 0.05) is 0 Å². The largest absolute Gasteiger partial charge is 0.498 e. The lowest BCUT2D eigenvalue weighted by atomic mass is 9.96. The van der Waals surface area contributed by atoms with Crippen molar-refractivity contribution in [3.8, 4) is 0 Å². The summed E-state index contributed by atoms with van der Waals surface area (Å²) in [6.07, 6.45) is -16.0. The van der Waals surface area contributed by atoms with Crippen molar-refractivity contribution in [3.05, 3.63) is 47.2 Å². The summed E-state index contributed by atoms with van der Waals surface area (Å²) < 4.78 is 125. The molecule has 12 heteroatoms. The first kappa shape index (κ1) is 21.6. The molecule has 0 unspecified atom stereocenters. The molecule has 1 rings (SSSR count). The lowest BCUT2D eigenvalue weighted by Crippen LogP contribution is -2.24. The van der Waals surface area contributed by atoms with Crippen LogP contribution in [-0.2, 0) is 28.0 Å². The lowest BCUT2D eigenvalue weighted by molar-refractivity contribution is -0.149. The van der Waals surface area contributed by atoms with Crippen LogP contribution in [-0.4, -0.2) is 19.2 Å². The van der Waals surface area contributed by atoms with E-state index in [1.165, 1.54) is 0 Å². The highest BCUT2D eigenvalue weighted by Gasteiger charge is 2.46. The average molecular weight is 396 g/mol. The molecule has 0 N–H and O–H groups in total. The van der Waals surface area contributed by atoms with Crippen LogP contribution in [0.25, 0.3) is 0 Å². The second-order valence-corrected chi connectivity index (χ2v) is 4.61. The zero-order valence-corrected chi connectivity index (χ0v) is 12.5. The molecule has 0 heterocycles. The molecule has 26 heavy (non-hydrogen) atoms. The minimum atomic E-state index is -5.67. The summed E-state index contributed by atoms with van der Waals surface area (Å²) in [4.78, 5) is 11.7. The number of rotatable bonds is 5. The molecule has 0 bridgehead atoms. The van der Waals surface area contributed by atoms with Gasteiger partial charge < -0.3 is 9.47 Å². The van der Waals surface area contributed by atoms with Gasteiger partial charge >= 0.3 is 24.5 Å². The van der Waals surface area contributed by atoms with E-state index < -0.39 is 72.1 Å². The zero-order chi connectivity index (χ0) is 20.3. The summed E-state index contributed by atoms with van der Waals surface area (Å²) in [7, 11) is 0. The molecule has 0 saturated heterocycles. The van der Waals surface area contributed by atoms with Gasteiger partial charge in [0.25, 0.3) is 0 Å². The van der Waals surface area contributed by atoms with Crippen LogP contribution in [0.5, 0.6) is 0 Å². The van der Waals surface area contributed by atoms with Crippen LogP contribution in [0.1, 0.15) is 27.0 Å². The first-order valence-corrected chi connectivity index (χ1v) is 6.49. The Morgan fingerprint density at radius 1 is 0.885 bits per heavy atom. The SMILES string of the molecule is C=COCCOC(=O)c1c(C(F)(F)F)cc(C(F)(F)F)cc1C(F)(F)F. The minimum absolute atomic E-state index is 0.432. The number of halogens is 9. The Labute approximate surface area is 140 Å². The van der Waals surface area contributed by atoms with Crippen LogP contribution >= 0.6 is 0 Å². The molecule has 0 atom stereocenters. The Hall–Kier alpha value is -2.40. The van der Waals surface area contributed by atoms with Gasteiger partial charge in [-0.05, 0) is 12.1 Å². The van der Waals surface area contributed by atoms with E-state index in [-0.39, 0.29) is 0 Å². The van der Waals surface area contributed by atoms with Crippen molar-refractivity contribution in [2.24, 2.45) is 0 Å². The number of esters is 1. The summed E-state index contributed by atoms with van der Waals surface area (Å²) >= 11 is 0. The maximum atomic E-state index is 13.0. The molecule has 0 fully saturated rings. The third kappa shape index (κ3) is 5.30. The van der Waals surface area contributed by atoms with E-state index in [1.807, 2.05) is 0 Å². The van der Waals surface area contributed by atoms with Gasteiger partial charge in [0.15, 0.2) is 0 Å². The van der Waals surface area contributed by atoms with Crippen LogP contribution in [0.15, 0.2) is 25.0 Å². The Kier molecular flexibility index (Phi) is 6.21. The van der Waals surface area contributed by atoms with E-state index >= 15 is 0 Å². The Bertz CT molecular complexity index is 637. The molecule has 0 radical (unpaired) electrons. The normalized spacial score (nSPS) is 12.7. The molecule has 0 aliphatic carbocycles. The van der Waals surface area contributed by atoms with Gasteiger partial charge in [0.2, 0.25) is 0 Å². The average Bonchev–Trinajstić information content (AvgIpc) is 2.47. The fourth-order valence-electron chi connectivity index (χ4n) is 1.81. The van der Waals surface area contributed by atoms with E-state index in [2.05, 4.69) is 16.1 Å². The lowest BCUT2D eigenvalue weighted by Gasteiger charge is -2.20. The number of alkyl halides is 9. The molecule has 0 saturated carbocycles. The smallest absolute Gasteiger partial charge is 0.417 e. The van der Waals surface area contributed by atoms with Gasteiger partial charge in [-0.25, -0.2) is 4.79 Å². The number of benzene rings is 1. The van der Waals surface area contributed by atoms with Crippen LogP contribution in [0.2, 0.25) is 0 Å². The van der Waals surface area contributed by atoms with E-state index in [9.17, 15) is 44.3 Å². The fraction of sp³-hybridized carbons (Fsp3) is 0.357. The van der Waals surface area contributed by atoms with Gasteiger partial charge in [0.1, 0.15) is 13.2 Å². The van der Waals surface area contributed by atoms with Gasteiger partial charge in [-0.3, -0.25) is 0 Å². The standard InChI is InChI=1S/C14H9F9O3/c1-2-25-3-4-26-11(24)10-8(13(18,19)20)5-7(12(15,16)17)6-9(10)14(21,22)23/h2,5-6H,1,3-4H2. The molecule has 1 aromatic carbocycles. The summed E-state index contributed by atoms with van der Waals surface area (Å²) in [5.41, 5.74) is -9.08. The second kappa shape index (κ2) is 7.46. The fourth-order valence-corrected chi connectivity index (χ4v) is 1.81. The molecule has 0 aliphatic rings. The molecular formula is C14H9F9O3. The predicted molar refractivity (Wildman–Crippen MR) is 67.9 cm³/mol. The third-order valence-corrected chi connectivity index (χ3v) is 2.83. The number of ether oxygens (including phenoxy) is 2. The van der Waals surface area contributed by atoms with Gasteiger partial charge in [-0.1, -0.05) is 6.58 Å². The maximum Gasteiger partial charge on any atom is 0.417 e. The van der Waals surface area contributed by atoms with E-state index in [0.717, 1.165) is 6.26 Å². The number of hydrogen-bond donors (Lipinski definition) is 0. The minimum Gasteiger partial charge on any atom is -0.498 e. The van der Waals surface area contributed by atoms with Gasteiger partial charge in [0.05, 0.1) is 28.5 Å². The summed E-state index contributed by atoms with van der Waals surface area (Å²) in [6.45, 7) is 1.91. The van der Waals surface area contributed by atoms with Crippen molar-refractivity contribution in [2.75, 3.05) is 13.2 Å². The van der Waals surface area contributed by atoms with E-state index in [4.69, 9.17) is 0 Å². The van der Waals surface area contributed by atoms with Crippen molar-refractivity contribution in [1.29, 1.82) is 0 Å². The van der Waals surface area contributed by atoms with Crippen molar-refractivity contribution in [3.63, 3.8) is 0 Å². The maximum absolute atomic E-state index is 13.0. The quantitative estimate of drug-likeness (QED) is 0.302. The highest BCUT2D eigenvalue weighted by atomic mass is 19.4. The van der Waals surface area contributed by atoms with Crippen LogP contribution in [0, 0.1) is 0 Å². The van der Waals surface area contributed by atoms with Crippen molar-refractivity contribution >= 4 is 5.97 Å². The molecule has 1 aromatic rings. The monoisotopic (exact) mass is 396 g/mol. The Morgan fingerprint density at radius 3 is 1.69 bits per heavy atom. The number of hydrogen-bond acceptors (Lipinski definition) is 3. The van der Waals surface area contributed by atoms with E-state index in [0.29, 0.717) is 0 Å².